The van der Waals surface area contributed by atoms with Gasteiger partial charge in [-0.2, -0.15) is 26.3 Å². The highest BCUT2D eigenvalue weighted by molar-refractivity contribution is 6.32. The van der Waals surface area contributed by atoms with Crippen molar-refractivity contribution in [2.45, 2.75) is 26.2 Å². The van der Waals surface area contributed by atoms with Crippen molar-refractivity contribution in [3.63, 3.8) is 0 Å². The molecule has 0 nitrogen and oxygen atoms in total. The smallest absolute Gasteiger partial charge is 0.166 e. The van der Waals surface area contributed by atoms with Crippen LogP contribution in [0.4, 0.5) is 26.3 Å². The van der Waals surface area contributed by atoms with E-state index < -0.39 is 34.6 Å². The summed E-state index contributed by atoms with van der Waals surface area (Å²) in [5.74, 6) is 0. The molecule has 0 N–H and O–H groups in total. The van der Waals surface area contributed by atoms with Crippen LogP contribution in [0.1, 0.15) is 22.3 Å². The Morgan fingerprint density at radius 2 is 0.917 bits per heavy atom. The third-order valence-corrected chi connectivity index (χ3v) is 4.31. The van der Waals surface area contributed by atoms with E-state index in [1.807, 2.05) is 0 Å². The van der Waals surface area contributed by atoms with Crippen LogP contribution < -0.4 is 0 Å². The number of rotatable bonds is 1. The summed E-state index contributed by atoms with van der Waals surface area (Å²) in [4.78, 5) is 0. The molecular weight excluding hydrogens is 377 g/mol. The third-order valence-electron chi connectivity index (χ3n) is 3.50. The first-order valence-corrected chi connectivity index (χ1v) is 7.33. The maximum atomic E-state index is 13.3. The highest BCUT2D eigenvalue weighted by Crippen LogP contribution is 2.45. The Morgan fingerprint density at radius 1 is 0.625 bits per heavy atom. The summed E-state index contributed by atoms with van der Waals surface area (Å²) in [6.07, 6.45) is -9.72. The number of alkyl halides is 6. The van der Waals surface area contributed by atoms with Crippen LogP contribution >= 0.6 is 23.2 Å². The largest absolute Gasteiger partial charge is 0.417 e. The zero-order chi connectivity index (χ0) is 18.4. The zero-order valence-electron chi connectivity index (χ0n) is 12.3. The molecule has 0 aromatic heterocycles. The van der Waals surface area contributed by atoms with E-state index in [-0.39, 0.29) is 21.2 Å². The van der Waals surface area contributed by atoms with Crippen molar-refractivity contribution < 1.29 is 26.3 Å². The Morgan fingerprint density at radius 3 is 1.17 bits per heavy atom. The van der Waals surface area contributed by atoms with Crippen LogP contribution in [0, 0.1) is 13.8 Å². The van der Waals surface area contributed by atoms with Crippen LogP contribution in [0.2, 0.25) is 10.0 Å². The van der Waals surface area contributed by atoms with E-state index in [0.29, 0.717) is 12.1 Å². The van der Waals surface area contributed by atoms with Crippen molar-refractivity contribution in [1.29, 1.82) is 0 Å². The quantitative estimate of drug-likeness (QED) is 0.450. The second-order valence-electron chi connectivity index (χ2n) is 5.29. The van der Waals surface area contributed by atoms with Gasteiger partial charge in [-0.1, -0.05) is 23.2 Å². The summed E-state index contributed by atoms with van der Waals surface area (Å²) in [6, 6.07) is 3.28. The van der Waals surface area contributed by atoms with Crippen LogP contribution in [0.15, 0.2) is 24.3 Å². The normalized spacial score (nSPS) is 12.6. The second kappa shape index (κ2) is 6.15. The van der Waals surface area contributed by atoms with E-state index in [1.54, 1.807) is 0 Å². The van der Waals surface area contributed by atoms with E-state index in [9.17, 15) is 26.3 Å². The lowest BCUT2D eigenvalue weighted by molar-refractivity contribution is -0.139. The van der Waals surface area contributed by atoms with Gasteiger partial charge >= 0.3 is 12.4 Å². The molecule has 0 spiro atoms. The minimum absolute atomic E-state index is 0.176. The molecule has 0 heterocycles. The molecule has 0 atom stereocenters. The molecule has 0 fully saturated rings. The lowest BCUT2D eigenvalue weighted by atomic mass is 9.92. The van der Waals surface area contributed by atoms with E-state index in [1.165, 1.54) is 13.8 Å². The number of hydrogen-bond acceptors (Lipinski definition) is 0. The predicted octanol–water partition coefficient (Wildman–Crippen LogP) is 7.31. The van der Waals surface area contributed by atoms with Gasteiger partial charge in [0, 0.05) is 10.0 Å². The standard InChI is InChI=1S/C16H10Cl2F6/c1-7-3-9(11(5-13(7)17)15(19,20)21)10-4-8(2)14(18)6-12(10)16(22,23)24/h3-6H,1-2H3. The van der Waals surface area contributed by atoms with Gasteiger partial charge in [0.05, 0.1) is 11.1 Å². The molecule has 0 saturated heterocycles. The fourth-order valence-electron chi connectivity index (χ4n) is 2.28. The van der Waals surface area contributed by atoms with Crippen molar-refractivity contribution in [2.24, 2.45) is 0 Å². The Bertz CT molecular complexity index is 723. The fraction of sp³-hybridized carbons (Fsp3) is 0.250. The van der Waals surface area contributed by atoms with Gasteiger partial charge in [-0.25, -0.2) is 0 Å². The van der Waals surface area contributed by atoms with Crippen LogP contribution in [0.3, 0.4) is 0 Å². The first-order chi connectivity index (χ1) is 10.8. The molecule has 0 radical (unpaired) electrons. The van der Waals surface area contributed by atoms with Gasteiger partial charge in [-0.05, 0) is 60.4 Å². The molecule has 0 aliphatic heterocycles. The maximum absolute atomic E-state index is 13.3. The molecule has 0 amide bonds. The van der Waals surface area contributed by atoms with Gasteiger partial charge in [0.15, 0.2) is 0 Å². The van der Waals surface area contributed by atoms with Gasteiger partial charge in [0.25, 0.3) is 0 Å². The average molecular weight is 387 g/mol. The number of hydrogen-bond donors (Lipinski definition) is 0. The summed E-state index contributed by atoms with van der Waals surface area (Å²) < 4.78 is 79.7. The van der Waals surface area contributed by atoms with E-state index in [4.69, 9.17) is 23.2 Å². The minimum atomic E-state index is -4.86. The van der Waals surface area contributed by atoms with E-state index in [0.717, 1.165) is 12.1 Å². The minimum Gasteiger partial charge on any atom is -0.166 e. The molecule has 24 heavy (non-hydrogen) atoms. The highest BCUT2D eigenvalue weighted by Gasteiger charge is 2.39. The SMILES string of the molecule is Cc1cc(-c2cc(C)c(Cl)cc2C(F)(F)F)c(C(F)(F)F)cc1Cl. The van der Waals surface area contributed by atoms with Gasteiger partial charge in [0.1, 0.15) is 0 Å². The molecule has 2 aromatic carbocycles. The van der Waals surface area contributed by atoms with Gasteiger partial charge in [-0.15, -0.1) is 0 Å². The Kier molecular flexibility index (Phi) is 4.85. The molecular formula is C16H10Cl2F6. The van der Waals surface area contributed by atoms with Gasteiger partial charge in [0.2, 0.25) is 0 Å². The maximum Gasteiger partial charge on any atom is 0.417 e. The highest BCUT2D eigenvalue weighted by atomic mass is 35.5. The molecule has 0 aliphatic carbocycles. The lowest BCUT2D eigenvalue weighted by Crippen LogP contribution is -2.12. The monoisotopic (exact) mass is 386 g/mol. The average Bonchev–Trinajstić information content (AvgIpc) is 2.41. The zero-order valence-corrected chi connectivity index (χ0v) is 13.8. The third kappa shape index (κ3) is 3.64. The first kappa shape index (κ1) is 18.9. The molecule has 0 bridgehead atoms. The molecule has 8 heteroatoms. The van der Waals surface area contributed by atoms with Gasteiger partial charge < -0.3 is 0 Å². The first-order valence-electron chi connectivity index (χ1n) is 6.57. The number of aryl methyl sites for hydroxylation is 2. The van der Waals surface area contributed by atoms with E-state index in [2.05, 4.69) is 0 Å². The Balaban J connectivity index is 2.91. The molecule has 0 unspecified atom stereocenters. The Hall–Kier alpha value is -1.40. The molecule has 0 aliphatic rings. The van der Waals surface area contributed by atoms with Crippen LogP contribution in [0.25, 0.3) is 11.1 Å². The topological polar surface area (TPSA) is 0 Å². The number of halogens is 8. The van der Waals surface area contributed by atoms with Gasteiger partial charge in [-0.3, -0.25) is 0 Å². The summed E-state index contributed by atoms with van der Waals surface area (Å²) in [7, 11) is 0. The molecule has 2 rings (SSSR count). The van der Waals surface area contributed by atoms with Crippen molar-refractivity contribution >= 4 is 23.2 Å². The van der Waals surface area contributed by atoms with Crippen LogP contribution in [-0.4, -0.2) is 0 Å². The molecule has 2 aromatic rings. The van der Waals surface area contributed by atoms with Crippen LogP contribution in [-0.2, 0) is 12.4 Å². The lowest BCUT2D eigenvalue weighted by Gasteiger charge is -2.20. The fourth-order valence-corrected chi connectivity index (χ4v) is 2.61. The summed E-state index contributed by atoms with van der Waals surface area (Å²) >= 11 is 11.4. The van der Waals surface area contributed by atoms with Crippen molar-refractivity contribution in [1.82, 2.24) is 0 Å². The number of benzene rings is 2. The van der Waals surface area contributed by atoms with Crippen LogP contribution in [0.5, 0.6) is 0 Å². The van der Waals surface area contributed by atoms with Crippen molar-refractivity contribution in [3.8, 4) is 11.1 Å². The molecule has 0 saturated carbocycles. The Labute approximate surface area is 144 Å². The summed E-state index contributed by atoms with van der Waals surface area (Å²) in [5.41, 5.74) is -3.16. The summed E-state index contributed by atoms with van der Waals surface area (Å²) in [5, 5.41) is -0.351. The van der Waals surface area contributed by atoms with Crippen molar-refractivity contribution in [3.05, 3.63) is 56.6 Å². The van der Waals surface area contributed by atoms with Crippen molar-refractivity contribution in [2.75, 3.05) is 0 Å². The second-order valence-corrected chi connectivity index (χ2v) is 6.10. The predicted molar refractivity (Wildman–Crippen MR) is 81.4 cm³/mol. The molecule has 130 valence electrons. The van der Waals surface area contributed by atoms with E-state index >= 15 is 0 Å². The summed E-state index contributed by atoms with van der Waals surface area (Å²) in [6.45, 7) is 2.84.